The van der Waals surface area contributed by atoms with Gasteiger partial charge in [0.2, 0.25) is 0 Å². The summed E-state index contributed by atoms with van der Waals surface area (Å²) in [5.74, 6) is 0.690. The Hall–Kier alpha value is -1.65. The maximum atomic E-state index is 9.17. The maximum absolute atomic E-state index is 9.17. The summed E-state index contributed by atoms with van der Waals surface area (Å²) < 4.78 is 1.94. The first-order valence-corrected chi connectivity index (χ1v) is 9.10. The molecule has 24 heavy (non-hydrogen) atoms. The Morgan fingerprint density at radius 2 is 1.92 bits per heavy atom. The summed E-state index contributed by atoms with van der Waals surface area (Å²) in [6.45, 7) is 8.21. The van der Waals surface area contributed by atoms with Crippen molar-refractivity contribution in [2.45, 2.75) is 52.1 Å². The third kappa shape index (κ3) is 3.87. The molecule has 130 valence electrons. The van der Waals surface area contributed by atoms with Crippen molar-refractivity contribution in [3.05, 3.63) is 52.8 Å². The van der Waals surface area contributed by atoms with Gasteiger partial charge in [-0.05, 0) is 57.7 Å². The molecule has 1 saturated heterocycles. The molecule has 4 nitrogen and oxygen atoms in total. The van der Waals surface area contributed by atoms with Crippen LogP contribution >= 0.6 is 0 Å². The van der Waals surface area contributed by atoms with E-state index in [-0.39, 0.29) is 6.61 Å². The Labute approximate surface area is 145 Å². The van der Waals surface area contributed by atoms with Crippen LogP contribution in [0.5, 0.6) is 0 Å². The van der Waals surface area contributed by atoms with Gasteiger partial charge in [-0.3, -0.25) is 9.58 Å². The molecule has 0 amide bonds. The normalized spacial score (nSPS) is 19.4. The molecule has 0 unspecified atom stereocenters. The lowest BCUT2D eigenvalue weighted by atomic mass is 9.92. The van der Waals surface area contributed by atoms with Gasteiger partial charge in [0.05, 0.1) is 18.8 Å². The molecule has 1 N–H and O–H groups in total. The highest BCUT2D eigenvalue weighted by Gasteiger charge is 2.20. The molecule has 2 aromatic rings. The predicted molar refractivity (Wildman–Crippen MR) is 97.1 cm³/mol. The van der Waals surface area contributed by atoms with Crippen LogP contribution in [0.25, 0.3) is 0 Å². The lowest BCUT2D eigenvalue weighted by molar-refractivity contribution is 0.266. The molecule has 0 bridgehead atoms. The molecular weight excluding hydrogens is 298 g/mol. The van der Waals surface area contributed by atoms with Gasteiger partial charge in [0.1, 0.15) is 0 Å². The fraction of sp³-hybridized carbons (Fsp3) is 0.550. The van der Waals surface area contributed by atoms with Crippen molar-refractivity contribution in [1.82, 2.24) is 14.7 Å². The van der Waals surface area contributed by atoms with Crippen molar-refractivity contribution < 1.29 is 5.11 Å². The summed E-state index contributed by atoms with van der Waals surface area (Å²) in [6.07, 6.45) is 3.76. The molecule has 0 saturated carbocycles. The standard InChI is InChI=1S/C20H29N3O/c1-16-20(17(2)23(21-16)13-14-24)15-22-11-6-9-19(10-12-22)18-7-4-3-5-8-18/h3-5,7-8,19,24H,6,9-15H2,1-2H3/t19-/m0/s1. The van der Waals surface area contributed by atoms with Gasteiger partial charge < -0.3 is 5.11 Å². The van der Waals surface area contributed by atoms with E-state index < -0.39 is 0 Å². The first-order chi connectivity index (χ1) is 11.7. The first-order valence-electron chi connectivity index (χ1n) is 9.10. The van der Waals surface area contributed by atoms with E-state index in [1.165, 1.54) is 36.1 Å². The maximum Gasteiger partial charge on any atom is 0.0644 e. The van der Waals surface area contributed by atoms with Gasteiger partial charge >= 0.3 is 0 Å². The lowest BCUT2D eigenvalue weighted by Crippen LogP contribution is -2.25. The van der Waals surface area contributed by atoms with E-state index in [4.69, 9.17) is 5.11 Å². The minimum Gasteiger partial charge on any atom is -0.394 e. The van der Waals surface area contributed by atoms with Crippen LogP contribution in [0.15, 0.2) is 30.3 Å². The van der Waals surface area contributed by atoms with Gasteiger partial charge in [0, 0.05) is 17.8 Å². The second kappa shape index (κ2) is 7.95. The quantitative estimate of drug-likeness (QED) is 0.916. The SMILES string of the molecule is Cc1nn(CCO)c(C)c1CN1CCC[C@H](c2ccccc2)CC1. The Morgan fingerprint density at radius 3 is 2.67 bits per heavy atom. The van der Waals surface area contributed by atoms with E-state index in [2.05, 4.69) is 54.2 Å². The van der Waals surface area contributed by atoms with E-state index >= 15 is 0 Å². The van der Waals surface area contributed by atoms with Gasteiger partial charge in [-0.2, -0.15) is 5.10 Å². The summed E-state index contributed by atoms with van der Waals surface area (Å²) in [5, 5.41) is 13.8. The Bertz CT molecular complexity index is 650. The van der Waals surface area contributed by atoms with Crippen molar-refractivity contribution >= 4 is 0 Å². The Kier molecular flexibility index (Phi) is 5.69. The van der Waals surface area contributed by atoms with E-state index in [1.807, 2.05) is 4.68 Å². The summed E-state index contributed by atoms with van der Waals surface area (Å²) in [4.78, 5) is 2.57. The zero-order chi connectivity index (χ0) is 16.9. The number of hydrogen-bond acceptors (Lipinski definition) is 3. The van der Waals surface area contributed by atoms with E-state index in [0.29, 0.717) is 12.5 Å². The minimum atomic E-state index is 0.143. The van der Waals surface area contributed by atoms with Crippen molar-refractivity contribution in [2.24, 2.45) is 0 Å². The molecule has 0 aliphatic carbocycles. The van der Waals surface area contributed by atoms with Gasteiger partial charge in [0.25, 0.3) is 0 Å². The van der Waals surface area contributed by atoms with E-state index in [0.717, 1.165) is 25.3 Å². The first kappa shape index (κ1) is 17.2. The number of rotatable bonds is 5. The highest BCUT2D eigenvalue weighted by atomic mass is 16.3. The molecule has 1 aromatic carbocycles. The second-order valence-electron chi connectivity index (χ2n) is 6.91. The van der Waals surface area contributed by atoms with E-state index in [9.17, 15) is 0 Å². The third-order valence-corrected chi connectivity index (χ3v) is 5.32. The minimum absolute atomic E-state index is 0.143. The van der Waals surface area contributed by atoms with Crippen LogP contribution in [-0.4, -0.2) is 39.5 Å². The molecule has 2 heterocycles. The van der Waals surface area contributed by atoms with Crippen LogP contribution in [-0.2, 0) is 13.1 Å². The smallest absolute Gasteiger partial charge is 0.0644 e. The van der Waals surface area contributed by atoms with Gasteiger partial charge in [-0.15, -0.1) is 0 Å². The molecule has 4 heteroatoms. The average Bonchev–Trinajstić information content (AvgIpc) is 2.78. The summed E-state index contributed by atoms with van der Waals surface area (Å²) in [6, 6.07) is 10.9. The van der Waals surface area contributed by atoms with Gasteiger partial charge in [-0.1, -0.05) is 30.3 Å². The zero-order valence-corrected chi connectivity index (χ0v) is 14.9. The van der Waals surface area contributed by atoms with Crippen molar-refractivity contribution in [3.63, 3.8) is 0 Å². The van der Waals surface area contributed by atoms with Crippen molar-refractivity contribution in [2.75, 3.05) is 19.7 Å². The number of nitrogens with zero attached hydrogens (tertiary/aromatic N) is 3. The number of benzene rings is 1. The molecule has 0 radical (unpaired) electrons. The Balaban J connectivity index is 1.65. The highest BCUT2D eigenvalue weighted by Crippen LogP contribution is 2.28. The summed E-state index contributed by atoms with van der Waals surface area (Å²) in [7, 11) is 0. The van der Waals surface area contributed by atoms with Crippen LogP contribution in [0.1, 0.15) is 47.7 Å². The molecule has 3 rings (SSSR count). The molecule has 1 aliphatic heterocycles. The number of aromatic nitrogens is 2. The molecule has 0 spiro atoms. The van der Waals surface area contributed by atoms with Crippen molar-refractivity contribution in [1.29, 1.82) is 0 Å². The molecule has 1 aliphatic rings. The van der Waals surface area contributed by atoms with Crippen LogP contribution < -0.4 is 0 Å². The fourth-order valence-electron chi connectivity index (χ4n) is 3.87. The van der Waals surface area contributed by atoms with Crippen molar-refractivity contribution in [3.8, 4) is 0 Å². The number of hydrogen-bond donors (Lipinski definition) is 1. The van der Waals surface area contributed by atoms with Crippen LogP contribution in [0.2, 0.25) is 0 Å². The molecular formula is C20H29N3O. The number of aliphatic hydroxyl groups is 1. The lowest BCUT2D eigenvalue weighted by Gasteiger charge is -2.20. The molecule has 1 atom stereocenters. The second-order valence-corrected chi connectivity index (χ2v) is 6.91. The van der Waals surface area contributed by atoms with Crippen LogP contribution in [0, 0.1) is 13.8 Å². The van der Waals surface area contributed by atoms with Gasteiger partial charge in [-0.25, -0.2) is 0 Å². The monoisotopic (exact) mass is 327 g/mol. The highest BCUT2D eigenvalue weighted by molar-refractivity contribution is 5.24. The number of aliphatic hydroxyl groups excluding tert-OH is 1. The molecule has 1 aromatic heterocycles. The number of likely N-dealkylation sites (tertiary alicyclic amines) is 1. The van der Waals surface area contributed by atoms with E-state index in [1.54, 1.807) is 0 Å². The summed E-state index contributed by atoms with van der Waals surface area (Å²) in [5.41, 5.74) is 5.12. The fourth-order valence-corrected chi connectivity index (χ4v) is 3.87. The van der Waals surface area contributed by atoms with Crippen LogP contribution in [0.4, 0.5) is 0 Å². The van der Waals surface area contributed by atoms with Crippen LogP contribution in [0.3, 0.4) is 0 Å². The average molecular weight is 327 g/mol. The number of aryl methyl sites for hydroxylation is 1. The third-order valence-electron chi connectivity index (χ3n) is 5.32. The predicted octanol–water partition coefficient (Wildman–Crippen LogP) is 3.26. The van der Waals surface area contributed by atoms with Gasteiger partial charge in [0.15, 0.2) is 0 Å². The molecule has 1 fully saturated rings. The zero-order valence-electron chi connectivity index (χ0n) is 14.9. The Morgan fingerprint density at radius 1 is 1.12 bits per heavy atom. The topological polar surface area (TPSA) is 41.3 Å². The summed E-state index contributed by atoms with van der Waals surface area (Å²) >= 11 is 0. The largest absolute Gasteiger partial charge is 0.394 e.